The Bertz CT molecular complexity index is 600. The number of aliphatic hydroxyl groups is 1. The van der Waals surface area contributed by atoms with Crippen molar-refractivity contribution in [3.8, 4) is 0 Å². The molecule has 1 N–H and O–H groups in total. The lowest BCUT2D eigenvalue weighted by atomic mass is 10.1. The van der Waals surface area contributed by atoms with Gasteiger partial charge in [0.05, 0.1) is 6.10 Å². The van der Waals surface area contributed by atoms with Gasteiger partial charge in [0.1, 0.15) is 17.5 Å². The van der Waals surface area contributed by atoms with Gasteiger partial charge in [0.15, 0.2) is 0 Å². The molecule has 0 fully saturated rings. The van der Waals surface area contributed by atoms with Crippen LogP contribution in [0.5, 0.6) is 0 Å². The van der Waals surface area contributed by atoms with E-state index in [9.17, 15) is 13.9 Å². The van der Waals surface area contributed by atoms with E-state index in [2.05, 4.69) is 9.97 Å². The van der Waals surface area contributed by atoms with Gasteiger partial charge in [0.2, 0.25) is 0 Å². The topological polar surface area (TPSA) is 46.0 Å². The molecule has 5 heteroatoms. The molecule has 100 valence electrons. The lowest BCUT2D eigenvalue weighted by Crippen LogP contribution is -2.05. The van der Waals surface area contributed by atoms with Crippen molar-refractivity contribution in [1.29, 1.82) is 0 Å². The maximum atomic E-state index is 13.5. The summed E-state index contributed by atoms with van der Waals surface area (Å²) in [4.78, 5) is 8.31. The average Bonchev–Trinajstić information content (AvgIpc) is 2.32. The van der Waals surface area contributed by atoms with Crippen LogP contribution < -0.4 is 0 Å². The van der Waals surface area contributed by atoms with Crippen molar-refractivity contribution in [2.75, 3.05) is 0 Å². The van der Waals surface area contributed by atoms with Crippen molar-refractivity contribution < 1.29 is 13.9 Å². The zero-order valence-electron chi connectivity index (χ0n) is 10.7. The van der Waals surface area contributed by atoms with Gasteiger partial charge in [-0.15, -0.1) is 0 Å². The Morgan fingerprint density at radius 2 is 2.05 bits per heavy atom. The van der Waals surface area contributed by atoms with Gasteiger partial charge in [-0.25, -0.2) is 18.7 Å². The van der Waals surface area contributed by atoms with E-state index in [-0.39, 0.29) is 6.42 Å². The third-order valence-electron chi connectivity index (χ3n) is 2.88. The minimum absolute atomic E-state index is 0.188. The summed E-state index contributed by atoms with van der Waals surface area (Å²) in [5, 5.41) is 9.48. The number of nitrogens with zero attached hydrogens (tertiary/aromatic N) is 2. The lowest BCUT2D eigenvalue weighted by molar-refractivity contribution is 0.197. The summed E-state index contributed by atoms with van der Waals surface area (Å²) in [5.74, 6) is -0.781. The van der Waals surface area contributed by atoms with Crippen LogP contribution in [0, 0.1) is 18.6 Å². The first kappa shape index (κ1) is 13.5. The summed E-state index contributed by atoms with van der Waals surface area (Å²) in [6.07, 6.45) is 1.08. The SMILES string of the molecule is Cc1nc(Cc2ccc(F)cc2F)ncc1[C@H](C)O. The Hall–Kier alpha value is -1.88. The standard InChI is InChI=1S/C14H14F2N2O/c1-8-12(9(2)19)7-17-14(18-8)5-10-3-4-11(15)6-13(10)16/h3-4,6-7,9,19H,5H2,1-2H3/t9-/m0/s1. The van der Waals surface area contributed by atoms with E-state index < -0.39 is 17.7 Å². The van der Waals surface area contributed by atoms with Crippen molar-refractivity contribution in [2.45, 2.75) is 26.4 Å². The van der Waals surface area contributed by atoms with E-state index in [4.69, 9.17) is 0 Å². The van der Waals surface area contributed by atoms with Crippen LogP contribution in [-0.4, -0.2) is 15.1 Å². The van der Waals surface area contributed by atoms with Crippen LogP contribution in [0.25, 0.3) is 0 Å². The van der Waals surface area contributed by atoms with E-state index in [1.165, 1.54) is 18.3 Å². The zero-order chi connectivity index (χ0) is 14.0. The molecular weight excluding hydrogens is 250 g/mol. The monoisotopic (exact) mass is 264 g/mol. The van der Waals surface area contributed by atoms with Gasteiger partial charge >= 0.3 is 0 Å². The van der Waals surface area contributed by atoms with E-state index >= 15 is 0 Å². The van der Waals surface area contributed by atoms with Gasteiger partial charge in [-0.2, -0.15) is 0 Å². The van der Waals surface area contributed by atoms with Crippen LogP contribution >= 0.6 is 0 Å². The van der Waals surface area contributed by atoms with Gasteiger partial charge < -0.3 is 5.11 Å². The Labute approximate surface area is 110 Å². The Morgan fingerprint density at radius 3 is 2.63 bits per heavy atom. The van der Waals surface area contributed by atoms with Crippen molar-refractivity contribution in [3.63, 3.8) is 0 Å². The fraction of sp³-hybridized carbons (Fsp3) is 0.286. The van der Waals surface area contributed by atoms with Crippen molar-refractivity contribution >= 4 is 0 Å². The number of hydrogen-bond acceptors (Lipinski definition) is 3. The minimum Gasteiger partial charge on any atom is -0.389 e. The molecule has 0 spiro atoms. The van der Waals surface area contributed by atoms with Gasteiger partial charge in [0, 0.05) is 29.9 Å². The smallest absolute Gasteiger partial charge is 0.133 e. The second kappa shape index (κ2) is 5.40. The van der Waals surface area contributed by atoms with E-state index in [1.807, 2.05) is 0 Å². The number of benzene rings is 1. The van der Waals surface area contributed by atoms with Crippen LogP contribution in [0.15, 0.2) is 24.4 Å². The van der Waals surface area contributed by atoms with Crippen LogP contribution in [0.3, 0.4) is 0 Å². The largest absolute Gasteiger partial charge is 0.389 e. The molecule has 19 heavy (non-hydrogen) atoms. The number of rotatable bonds is 3. The highest BCUT2D eigenvalue weighted by atomic mass is 19.1. The summed E-state index contributed by atoms with van der Waals surface area (Å²) in [6.45, 7) is 3.39. The zero-order valence-corrected chi connectivity index (χ0v) is 10.7. The van der Waals surface area contributed by atoms with Gasteiger partial charge in [-0.05, 0) is 25.5 Å². The summed E-state index contributed by atoms with van der Waals surface area (Å²) in [6, 6.07) is 3.42. The maximum Gasteiger partial charge on any atom is 0.133 e. The molecule has 2 aromatic rings. The van der Waals surface area contributed by atoms with Gasteiger partial charge in [-0.1, -0.05) is 6.07 Å². The molecule has 0 radical (unpaired) electrons. The molecular formula is C14H14F2N2O. The predicted molar refractivity (Wildman–Crippen MR) is 66.6 cm³/mol. The third kappa shape index (κ3) is 3.12. The fourth-order valence-electron chi connectivity index (χ4n) is 1.86. The third-order valence-corrected chi connectivity index (χ3v) is 2.88. The number of halogens is 2. The molecule has 1 aromatic heterocycles. The highest BCUT2D eigenvalue weighted by molar-refractivity contribution is 5.24. The van der Waals surface area contributed by atoms with Crippen LogP contribution in [0.2, 0.25) is 0 Å². The number of aliphatic hydroxyl groups excluding tert-OH is 1. The molecule has 0 saturated heterocycles. The van der Waals surface area contributed by atoms with Gasteiger partial charge in [-0.3, -0.25) is 0 Å². The highest BCUT2D eigenvalue weighted by Gasteiger charge is 2.10. The normalized spacial score (nSPS) is 12.5. The molecule has 1 aromatic carbocycles. The van der Waals surface area contributed by atoms with Crippen LogP contribution in [0.1, 0.15) is 35.7 Å². The summed E-state index contributed by atoms with van der Waals surface area (Å²) < 4.78 is 26.3. The lowest BCUT2D eigenvalue weighted by Gasteiger charge is -2.09. The minimum atomic E-state index is -0.642. The Kier molecular flexibility index (Phi) is 3.85. The molecule has 1 atom stereocenters. The van der Waals surface area contributed by atoms with Crippen LogP contribution in [0.4, 0.5) is 8.78 Å². The highest BCUT2D eigenvalue weighted by Crippen LogP contribution is 2.16. The first-order chi connectivity index (χ1) is 8.97. The predicted octanol–water partition coefficient (Wildman–Crippen LogP) is 2.71. The van der Waals surface area contributed by atoms with Crippen molar-refractivity contribution in [2.24, 2.45) is 0 Å². The second-order valence-electron chi connectivity index (χ2n) is 4.42. The quantitative estimate of drug-likeness (QED) is 0.927. The first-order valence-corrected chi connectivity index (χ1v) is 5.92. The molecule has 0 aliphatic heterocycles. The molecule has 0 aliphatic rings. The van der Waals surface area contributed by atoms with E-state index in [1.54, 1.807) is 13.8 Å². The van der Waals surface area contributed by atoms with Crippen LogP contribution in [-0.2, 0) is 6.42 Å². The fourth-order valence-corrected chi connectivity index (χ4v) is 1.86. The van der Waals surface area contributed by atoms with Crippen molar-refractivity contribution in [1.82, 2.24) is 9.97 Å². The Balaban J connectivity index is 2.26. The molecule has 0 aliphatic carbocycles. The molecule has 0 unspecified atom stereocenters. The first-order valence-electron chi connectivity index (χ1n) is 5.92. The maximum absolute atomic E-state index is 13.5. The van der Waals surface area contributed by atoms with Gasteiger partial charge in [0.25, 0.3) is 0 Å². The van der Waals surface area contributed by atoms with Crippen molar-refractivity contribution in [3.05, 3.63) is 58.7 Å². The summed E-state index contributed by atoms with van der Waals surface area (Å²) in [7, 11) is 0. The molecule has 1 heterocycles. The molecule has 0 amide bonds. The molecule has 3 nitrogen and oxygen atoms in total. The van der Waals surface area contributed by atoms with E-state index in [0.717, 1.165) is 6.07 Å². The number of aromatic nitrogens is 2. The summed E-state index contributed by atoms with van der Waals surface area (Å²) >= 11 is 0. The average molecular weight is 264 g/mol. The number of aryl methyl sites for hydroxylation is 1. The number of hydrogen-bond donors (Lipinski definition) is 1. The molecule has 0 saturated carbocycles. The summed E-state index contributed by atoms with van der Waals surface area (Å²) in [5.41, 5.74) is 1.64. The van der Waals surface area contributed by atoms with E-state index in [0.29, 0.717) is 22.6 Å². The Morgan fingerprint density at radius 1 is 1.32 bits per heavy atom. The molecule has 2 rings (SSSR count). The second-order valence-corrected chi connectivity index (χ2v) is 4.42. The molecule has 0 bridgehead atoms.